The summed E-state index contributed by atoms with van der Waals surface area (Å²) < 4.78 is 0. The minimum atomic E-state index is -0.205. The van der Waals surface area contributed by atoms with Gasteiger partial charge < -0.3 is 11.1 Å². The molecule has 0 aromatic carbocycles. The Bertz CT molecular complexity index is 190. The van der Waals surface area contributed by atoms with E-state index in [1.165, 1.54) is 0 Å². The summed E-state index contributed by atoms with van der Waals surface area (Å²) in [6, 6.07) is -0.205. The second-order valence-corrected chi connectivity index (χ2v) is 3.62. The van der Waals surface area contributed by atoms with Crippen molar-refractivity contribution in [1.82, 2.24) is 5.32 Å². The Hall–Kier alpha value is -0.640. The van der Waals surface area contributed by atoms with Crippen LogP contribution in [0.15, 0.2) is 0 Å². The van der Waals surface area contributed by atoms with Crippen LogP contribution in [-0.2, 0) is 4.79 Å². The van der Waals surface area contributed by atoms with Crippen molar-refractivity contribution in [1.29, 1.82) is 0 Å². The highest BCUT2D eigenvalue weighted by Gasteiger charge is 2.16. The first-order chi connectivity index (χ1) is 6.02. The molecule has 4 heteroatoms. The smallest absolute Gasteiger partial charge is 0.223 e. The number of hydrogen-bond donors (Lipinski definition) is 2. The maximum Gasteiger partial charge on any atom is 0.223 e. The molecular formula is C9H18N2OS. The van der Waals surface area contributed by atoms with Crippen LogP contribution in [0.2, 0.25) is 0 Å². The van der Waals surface area contributed by atoms with Gasteiger partial charge in [-0.2, -0.15) is 0 Å². The van der Waals surface area contributed by atoms with Gasteiger partial charge >= 0.3 is 0 Å². The Morgan fingerprint density at radius 2 is 1.92 bits per heavy atom. The molecule has 0 aliphatic heterocycles. The van der Waals surface area contributed by atoms with Crippen LogP contribution in [0.3, 0.4) is 0 Å². The molecule has 3 N–H and O–H groups in total. The van der Waals surface area contributed by atoms with Gasteiger partial charge in [0.05, 0.1) is 11.0 Å². The number of nitrogens with two attached hydrogens (primary N) is 1. The maximum atomic E-state index is 11.5. The molecule has 1 amide bonds. The van der Waals surface area contributed by atoms with E-state index in [1.807, 2.05) is 13.8 Å². The molecule has 0 aromatic heterocycles. The Labute approximate surface area is 85.1 Å². The standard InChI is InChI=1S/C9H18N2OS/c1-4-7(5-2)9(12)11-6(3)8(10)13/h6-7H,4-5H2,1-3H3,(H2,10,13)(H,11,12). The Morgan fingerprint density at radius 3 is 2.23 bits per heavy atom. The normalized spacial score (nSPS) is 12.6. The number of nitrogens with one attached hydrogen (secondary N) is 1. The average molecular weight is 202 g/mol. The number of rotatable bonds is 5. The summed E-state index contributed by atoms with van der Waals surface area (Å²) in [6.07, 6.45) is 1.71. The Balaban J connectivity index is 4.05. The summed E-state index contributed by atoms with van der Waals surface area (Å²) in [5, 5.41) is 2.78. The molecular weight excluding hydrogens is 184 g/mol. The minimum Gasteiger partial charge on any atom is -0.392 e. The zero-order valence-electron chi connectivity index (χ0n) is 8.46. The summed E-state index contributed by atoms with van der Waals surface area (Å²) in [4.78, 5) is 11.8. The van der Waals surface area contributed by atoms with Gasteiger partial charge in [-0.3, -0.25) is 4.79 Å². The Kier molecular flexibility index (Phi) is 5.62. The lowest BCUT2D eigenvalue weighted by molar-refractivity contribution is -0.125. The van der Waals surface area contributed by atoms with Gasteiger partial charge in [-0.05, 0) is 19.8 Å². The summed E-state index contributed by atoms with van der Waals surface area (Å²) in [5.74, 6) is 0.127. The van der Waals surface area contributed by atoms with Crippen LogP contribution in [0.1, 0.15) is 33.6 Å². The van der Waals surface area contributed by atoms with E-state index < -0.39 is 0 Å². The topological polar surface area (TPSA) is 55.1 Å². The molecule has 0 heterocycles. The number of hydrogen-bond acceptors (Lipinski definition) is 2. The summed E-state index contributed by atoms with van der Waals surface area (Å²) in [6.45, 7) is 5.79. The fourth-order valence-corrected chi connectivity index (χ4v) is 1.12. The first-order valence-corrected chi connectivity index (χ1v) is 5.03. The van der Waals surface area contributed by atoms with E-state index in [-0.39, 0.29) is 17.9 Å². The number of thiocarbonyl (C=S) groups is 1. The molecule has 0 bridgehead atoms. The fraction of sp³-hybridized carbons (Fsp3) is 0.778. The highest BCUT2D eigenvalue weighted by atomic mass is 32.1. The molecule has 76 valence electrons. The van der Waals surface area contributed by atoms with E-state index >= 15 is 0 Å². The van der Waals surface area contributed by atoms with Gasteiger partial charge in [0.1, 0.15) is 0 Å². The molecule has 1 unspecified atom stereocenters. The first-order valence-electron chi connectivity index (χ1n) is 4.62. The third kappa shape index (κ3) is 4.22. The van der Waals surface area contributed by atoms with Crippen LogP contribution in [-0.4, -0.2) is 16.9 Å². The summed E-state index contributed by atoms with van der Waals surface area (Å²) >= 11 is 4.76. The van der Waals surface area contributed by atoms with E-state index in [4.69, 9.17) is 18.0 Å². The summed E-state index contributed by atoms with van der Waals surface area (Å²) in [7, 11) is 0. The molecule has 0 spiro atoms. The zero-order chi connectivity index (χ0) is 10.4. The third-order valence-corrected chi connectivity index (χ3v) is 2.50. The van der Waals surface area contributed by atoms with Gasteiger partial charge in [-0.25, -0.2) is 0 Å². The lowest BCUT2D eigenvalue weighted by Gasteiger charge is -2.16. The fourth-order valence-electron chi connectivity index (χ4n) is 1.06. The lowest BCUT2D eigenvalue weighted by atomic mass is 10.0. The first kappa shape index (κ1) is 12.4. The van der Waals surface area contributed by atoms with Crippen LogP contribution in [0.4, 0.5) is 0 Å². The second kappa shape index (κ2) is 5.91. The van der Waals surface area contributed by atoms with Crippen molar-refractivity contribution in [2.45, 2.75) is 39.7 Å². The Morgan fingerprint density at radius 1 is 1.46 bits per heavy atom. The van der Waals surface area contributed by atoms with E-state index in [1.54, 1.807) is 6.92 Å². The predicted molar refractivity (Wildman–Crippen MR) is 58.5 cm³/mol. The molecule has 13 heavy (non-hydrogen) atoms. The van der Waals surface area contributed by atoms with E-state index in [2.05, 4.69) is 5.32 Å². The minimum absolute atomic E-state index is 0.0466. The molecule has 0 saturated heterocycles. The van der Waals surface area contributed by atoms with Crippen molar-refractivity contribution in [3.05, 3.63) is 0 Å². The molecule has 3 nitrogen and oxygen atoms in total. The molecule has 0 aliphatic carbocycles. The largest absolute Gasteiger partial charge is 0.392 e. The number of amides is 1. The van der Waals surface area contributed by atoms with Crippen LogP contribution in [0, 0.1) is 5.92 Å². The van der Waals surface area contributed by atoms with Crippen molar-refractivity contribution >= 4 is 23.1 Å². The number of carbonyl (C=O) groups excluding carboxylic acids is 1. The van der Waals surface area contributed by atoms with Crippen molar-refractivity contribution in [2.75, 3.05) is 0 Å². The molecule has 0 aliphatic rings. The second-order valence-electron chi connectivity index (χ2n) is 3.15. The zero-order valence-corrected chi connectivity index (χ0v) is 9.28. The number of carbonyl (C=O) groups is 1. The van der Waals surface area contributed by atoms with Gasteiger partial charge in [0.2, 0.25) is 5.91 Å². The molecule has 0 rings (SSSR count). The molecule has 1 atom stereocenters. The van der Waals surface area contributed by atoms with Crippen molar-refractivity contribution in [2.24, 2.45) is 11.7 Å². The maximum absolute atomic E-state index is 11.5. The quantitative estimate of drug-likeness (QED) is 0.659. The molecule has 0 aromatic rings. The van der Waals surface area contributed by atoms with Crippen molar-refractivity contribution < 1.29 is 4.79 Å². The average Bonchev–Trinajstić information content (AvgIpc) is 2.06. The van der Waals surface area contributed by atoms with Gasteiger partial charge in [0.15, 0.2) is 0 Å². The SMILES string of the molecule is CCC(CC)C(=O)NC(C)C(N)=S. The van der Waals surface area contributed by atoms with Crippen LogP contribution >= 0.6 is 12.2 Å². The van der Waals surface area contributed by atoms with Crippen molar-refractivity contribution in [3.63, 3.8) is 0 Å². The van der Waals surface area contributed by atoms with Gasteiger partial charge in [0, 0.05) is 5.92 Å². The lowest BCUT2D eigenvalue weighted by Crippen LogP contribution is -2.43. The highest BCUT2D eigenvalue weighted by Crippen LogP contribution is 2.07. The van der Waals surface area contributed by atoms with E-state index in [0.29, 0.717) is 4.99 Å². The highest BCUT2D eigenvalue weighted by molar-refractivity contribution is 7.80. The van der Waals surface area contributed by atoms with Crippen LogP contribution in [0.5, 0.6) is 0 Å². The van der Waals surface area contributed by atoms with Gasteiger partial charge in [-0.15, -0.1) is 0 Å². The summed E-state index contributed by atoms with van der Waals surface area (Å²) in [5.41, 5.74) is 5.38. The monoisotopic (exact) mass is 202 g/mol. The molecule has 0 saturated carbocycles. The predicted octanol–water partition coefficient (Wildman–Crippen LogP) is 1.21. The van der Waals surface area contributed by atoms with Gasteiger partial charge in [-0.1, -0.05) is 26.1 Å². The third-order valence-electron chi connectivity index (χ3n) is 2.14. The molecule has 0 fully saturated rings. The van der Waals surface area contributed by atoms with Crippen LogP contribution in [0.25, 0.3) is 0 Å². The van der Waals surface area contributed by atoms with Gasteiger partial charge in [0.25, 0.3) is 0 Å². The van der Waals surface area contributed by atoms with E-state index in [0.717, 1.165) is 12.8 Å². The molecule has 0 radical (unpaired) electrons. The van der Waals surface area contributed by atoms with Crippen molar-refractivity contribution in [3.8, 4) is 0 Å². The van der Waals surface area contributed by atoms with Crippen LogP contribution < -0.4 is 11.1 Å². The van der Waals surface area contributed by atoms with E-state index in [9.17, 15) is 4.79 Å².